The Bertz CT molecular complexity index is 544. The Labute approximate surface area is 118 Å². The van der Waals surface area contributed by atoms with Gasteiger partial charge < -0.3 is 4.55 Å². The van der Waals surface area contributed by atoms with Crippen molar-refractivity contribution >= 4 is 23.3 Å². The molecule has 0 aliphatic rings. The van der Waals surface area contributed by atoms with Crippen molar-refractivity contribution in [3.63, 3.8) is 0 Å². The quantitative estimate of drug-likeness (QED) is 0.371. The van der Waals surface area contributed by atoms with Gasteiger partial charge in [-0.1, -0.05) is 4.40 Å². The molecule has 0 N–H and O–H groups in total. The van der Waals surface area contributed by atoms with Crippen LogP contribution in [0.15, 0.2) is 16.5 Å². The maximum absolute atomic E-state index is 13.5. The Morgan fingerprint density at radius 1 is 1.40 bits per heavy atom. The van der Waals surface area contributed by atoms with Gasteiger partial charge in [-0.2, -0.15) is 0 Å². The summed E-state index contributed by atoms with van der Waals surface area (Å²) in [6.45, 7) is 5.15. The minimum Gasteiger partial charge on any atom is -0.591 e. The van der Waals surface area contributed by atoms with Crippen LogP contribution in [0.5, 0.6) is 0 Å². The lowest BCUT2D eigenvalue weighted by molar-refractivity contribution is -0.385. The second-order valence-corrected chi connectivity index (χ2v) is 6.95. The predicted octanol–water partition coefficient (Wildman–Crippen LogP) is 2.95. The number of nitro groups is 1. The summed E-state index contributed by atoms with van der Waals surface area (Å²) in [6, 6.07) is 1.45. The molecule has 110 valence electrons. The zero-order valence-electron chi connectivity index (χ0n) is 11.2. The highest BCUT2D eigenvalue weighted by molar-refractivity contribution is 7.91. The van der Waals surface area contributed by atoms with E-state index < -0.39 is 38.4 Å². The van der Waals surface area contributed by atoms with Crippen LogP contribution in [-0.2, 0) is 17.8 Å². The number of rotatable bonds is 4. The zero-order chi connectivity index (χ0) is 15.5. The molecule has 5 nitrogen and oxygen atoms in total. The van der Waals surface area contributed by atoms with Crippen LogP contribution in [0.1, 0.15) is 26.3 Å². The number of non-ortho nitro benzene ring substituents is 1. The summed E-state index contributed by atoms with van der Waals surface area (Å²) >= 11 is -1.52. The van der Waals surface area contributed by atoms with Gasteiger partial charge in [0.15, 0.2) is 11.6 Å². The molecule has 0 radical (unpaired) electrons. The summed E-state index contributed by atoms with van der Waals surface area (Å²) in [4.78, 5) is 9.76. The summed E-state index contributed by atoms with van der Waals surface area (Å²) in [5.41, 5.74) is -0.740. The van der Waals surface area contributed by atoms with Crippen LogP contribution in [0.25, 0.3) is 0 Å². The normalized spacial score (nSPS) is 13.7. The van der Waals surface area contributed by atoms with Gasteiger partial charge in [0.1, 0.15) is 16.1 Å². The lowest BCUT2D eigenvalue weighted by Crippen LogP contribution is -2.25. The van der Waals surface area contributed by atoms with Gasteiger partial charge in [0.25, 0.3) is 5.69 Å². The van der Waals surface area contributed by atoms with E-state index in [9.17, 15) is 23.4 Å². The van der Waals surface area contributed by atoms with Crippen LogP contribution in [-0.4, -0.2) is 20.4 Å². The molecule has 0 amide bonds. The Morgan fingerprint density at radius 3 is 2.50 bits per heavy atom. The first-order valence-corrected chi connectivity index (χ1v) is 6.80. The fourth-order valence-corrected chi connectivity index (χ4v) is 1.77. The van der Waals surface area contributed by atoms with Crippen LogP contribution in [0.4, 0.5) is 14.5 Å². The Hall–Kier alpha value is -1.54. The lowest BCUT2D eigenvalue weighted by atomic mass is 10.1. The van der Waals surface area contributed by atoms with E-state index in [0.29, 0.717) is 6.07 Å². The van der Waals surface area contributed by atoms with Gasteiger partial charge >= 0.3 is 0 Å². The van der Waals surface area contributed by atoms with E-state index in [0.717, 1.165) is 6.07 Å². The standard InChI is InChI=1S/C12H14F2N2O3S/c1-12(2,3)20(19)15-5-4-8-6-9(16(17)18)7-10(13)11(8)14/h5-7H,4H2,1-3H3/b15-5+/t20-/m1/s1. The topological polar surface area (TPSA) is 78.6 Å². The number of nitrogens with zero attached hydrogens (tertiary/aromatic N) is 2. The molecule has 0 saturated carbocycles. The van der Waals surface area contributed by atoms with Crippen molar-refractivity contribution in [2.45, 2.75) is 31.9 Å². The molecule has 1 aromatic carbocycles. The van der Waals surface area contributed by atoms with E-state index in [-0.39, 0.29) is 12.0 Å². The minimum absolute atomic E-state index is 0.174. The van der Waals surface area contributed by atoms with Crippen LogP contribution in [0, 0.1) is 21.7 Å². The van der Waals surface area contributed by atoms with Gasteiger partial charge in [-0.15, -0.1) is 0 Å². The molecule has 0 saturated heterocycles. The molecule has 0 bridgehead atoms. The fraction of sp³-hybridized carbons (Fsp3) is 0.417. The first-order chi connectivity index (χ1) is 9.12. The average molecular weight is 304 g/mol. The molecule has 1 atom stereocenters. The summed E-state index contributed by atoms with van der Waals surface area (Å²) in [5, 5.41) is 10.6. The molecule has 0 aliphatic heterocycles. The summed E-state index contributed by atoms with van der Waals surface area (Å²) in [5.74, 6) is -2.46. The van der Waals surface area contributed by atoms with Gasteiger partial charge in [-0.25, -0.2) is 8.78 Å². The van der Waals surface area contributed by atoms with Crippen molar-refractivity contribution in [2.75, 3.05) is 0 Å². The molecule has 0 spiro atoms. The highest BCUT2D eigenvalue weighted by Crippen LogP contribution is 2.21. The monoisotopic (exact) mass is 304 g/mol. The van der Waals surface area contributed by atoms with E-state index >= 15 is 0 Å². The Morgan fingerprint density at radius 2 is 2.00 bits per heavy atom. The van der Waals surface area contributed by atoms with E-state index in [1.807, 2.05) is 0 Å². The minimum atomic E-state index is -1.52. The third-order valence-electron chi connectivity index (χ3n) is 2.30. The van der Waals surface area contributed by atoms with E-state index in [1.54, 1.807) is 20.8 Å². The van der Waals surface area contributed by atoms with Crippen molar-refractivity contribution in [1.29, 1.82) is 0 Å². The van der Waals surface area contributed by atoms with Crippen LogP contribution in [0.3, 0.4) is 0 Å². The molecule has 8 heteroatoms. The summed E-state index contributed by atoms with van der Waals surface area (Å²) in [6.07, 6.45) is 0.995. The van der Waals surface area contributed by atoms with Crippen molar-refractivity contribution in [3.8, 4) is 0 Å². The molecule has 1 aromatic rings. The predicted molar refractivity (Wildman–Crippen MR) is 73.1 cm³/mol. The van der Waals surface area contributed by atoms with Gasteiger partial charge in [0.05, 0.1) is 17.2 Å². The molecule has 0 fully saturated rings. The fourth-order valence-electron chi connectivity index (χ4n) is 1.25. The first-order valence-electron chi connectivity index (χ1n) is 5.69. The number of benzene rings is 1. The SMILES string of the molecule is CC(C)(C)[S@@+]([O-])/N=C/Cc1cc([N+](=O)[O-])cc(F)c1F. The zero-order valence-corrected chi connectivity index (χ0v) is 12.0. The van der Waals surface area contributed by atoms with Gasteiger partial charge in [0.2, 0.25) is 0 Å². The third kappa shape index (κ3) is 4.24. The molecular weight excluding hydrogens is 290 g/mol. The molecule has 20 heavy (non-hydrogen) atoms. The van der Waals surface area contributed by atoms with E-state index in [4.69, 9.17) is 0 Å². The highest BCUT2D eigenvalue weighted by Gasteiger charge is 2.25. The average Bonchev–Trinajstić information content (AvgIpc) is 2.32. The van der Waals surface area contributed by atoms with Crippen molar-refractivity contribution < 1.29 is 18.3 Å². The number of hydrogen-bond acceptors (Lipinski definition) is 4. The van der Waals surface area contributed by atoms with E-state index in [2.05, 4.69) is 4.40 Å². The number of halogens is 2. The smallest absolute Gasteiger partial charge is 0.272 e. The highest BCUT2D eigenvalue weighted by atomic mass is 32.2. The second kappa shape index (κ2) is 6.27. The molecule has 0 aromatic heterocycles. The van der Waals surface area contributed by atoms with Crippen molar-refractivity contribution in [3.05, 3.63) is 39.4 Å². The molecular formula is C12H14F2N2O3S. The number of hydrogen-bond donors (Lipinski definition) is 0. The third-order valence-corrected chi connectivity index (χ3v) is 3.69. The lowest BCUT2D eigenvalue weighted by Gasteiger charge is -2.17. The Balaban J connectivity index is 2.93. The van der Waals surface area contributed by atoms with Gasteiger partial charge in [-0.05, 0) is 20.8 Å². The largest absolute Gasteiger partial charge is 0.591 e. The second-order valence-electron chi connectivity index (χ2n) is 5.01. The van der Waals surface area contributed by atoms with Crippen molar-refractivity contribution in [1.82, 2.24) is 0 Å². The maximum Gasteiger partial charge on any atom is 0.272 e. The number of nitro benzene ring substituents is 1. The molecule has 1 rings (SSSR count). The maximum atomic E-state index is 13.5. The molecule has 0 unspecified atom stereocenters. The van der Waals surface area contributed by atoms with Crippen LogP contribution < -0.4 is 0 Å². The van der Waals surface area contributed by atoms with Crippen LogP contribution >= 0.6 is 0 Å². The molecule has 0 aliphatic carbocycles. The van der Waals surface area contributed by atoms with Crippen LogP contribution in [0.2, 0.25) is 0 Å². The summed E-state index contributed by atoms with van der Waals surface area (Å²) in [7, 11) is 0. The first kappa shape index (κ1) is 16.5. The van der Waals surface area contributed by atoms with Gasteiger partial charge in [-0.3, -0.25) is 10.1 Å². The van der Waals surface area contributed by atoms with E-state index in [1.165, 1.54) is 6.21 Å². The van der Waals surface area contributed by atoms with Crippen molar-refractivity contribution in [2.24, 2.45) is 4.40 Å². The summed E-state index contributed by atoms with van der Waals surface area (Å²) < 4.78 is 41.4. The van der Waals surface area contributed by atoms with Gasteiger partial charge in [0, 0.05) is 18.1 Å². The molecule has 0 heterocycles. The Kier molecular flexibility index (Phi) is 5.18.